The maximum atomic E-state index is 11.5. The van der Waals surface area contributed by atoms with Crippen LogP contribution in [-0.4, -0.2) is 9.80 Å². The van der Waals surface area contributed by atoms with Crippen molar-refractivity contribution >= 4 is 36.6 Å². The van der Waals surface area contributed by atoms with Gasteiger partial charge < -0.3 is 5.11 Å². The Kier molecular flexibility index (Phi) is 4.19. The Morgan fingerprint density at radius 3 is 2.39 bits per heavy atom. The third kappa shape index (κ3) is 2.82. The molecule has 0 heterocycles. The molecule has 92 valence electrons. The van der Waals surface area contributed by atoms with Gasteiger partial charge in [0.05, 0.1) is 4.47 Å². The largest absolute Gasteiger partial charge is 0.506 e. The molecule has 0 aromatic heterocycles. The average molecular weight is 370 g/mol. The number of phenols is 1. The zero-order valence-electron chi connectivity index (χ0n) is 9.36. The van der Waals surface area contributed by atoms with Gasteiger partial charge in [0.25, 0.3) is 0 Å². The number of aromatic hydroxyl groups is 1. The van der Waals surface area contributed by atoms with Gasteiger partial charge in [0.15, 0.2) is 0 Å². The molecule has 2 rings (SSSR count). The summed E-state index contributed by atoms with van der Waals surface area (Å²) in [7, 11) is 0. The highest BCUT2D eigenvalue weighted by Gasteiger charge is 2.15. The van der Waals surface area contributed by atoms with Crippen molar-refractivity contribution in [2.24, 2.45) is 0 Å². The number of hydrogen-bond acceptors (Lipinski definition) is 2. The first-order valence-electron chi connectivity index (χ1n) is 5.33. The average Bonchev–Trinajstić information content (AvgIpc) is 2.36. The summed E-state index contributed by atoms with van der Waals surface area (Å²) in [4.78, 5) is 11.5. The maximum absolute atomic E-state index is 11.5. The number of carbonyl (C=O) groups excluding carboxylic acids is 1. The highest BCUT2D eigenvalue weighted by molar-refractivity contribution is 9.18. The molecule has 1 N–H and O–H groups in total. The second-order valence-corrected chi connectivity index (χ2v) is 5.43. The fraction of sp³-hybridized carbons (Fsp3) is 0.0714. The van der Waals surface area contributed by atoms with Crippen molar-refractivity contribution in [2.45, 2.75) is 6.42 Å². The molecular weight excluding hydrogens is 360 g/mol. The molecule has 0 aliphatic carbocycles. The van der Waals surface area contributed by atoms with Gasteiger partial charge in [-0.15, -0.1) is 0 Å². The predicted octanol–water partition coefficient (Wildman–Crippen LogP) is 4.28. The molecule has 0 spiro atoms. The number of benzene rings is 2. The van der Waals surface area contributed by atoms with Crippen molar-refractivity contribution < 1.29 is 9.90 Å². The van der Waals surface area contributed by atoms with Crippen LogP contribution in [0, 0.1) is 0 Å². The molecule has 0 aliphatic rings. The zero-order valence-corrected chi connectivity index (χ0v) is 12.5. The van der Waals surface area contributed by atoms with Gasteiger partial charge in [-0.25, -0.2) is 0 Å². The van der Waals surface area contributed by atoms with E-state index in [0.29, 0.717) is 22.0 Å². The topological polar surface area (TPSA) is 37.3 Å². The second-order valence-electron chi connectivity index (χ2n) is 3.86. The molecule has 2 aromatic carbocycles. The normalized spacial score (nSPS) is 10.3. The zero-order chi connectivity index (χ0) is 13.1. The maximum Gasteiger partial charge on any atom is 0.228 e. The van der Waals surface area contributed by atoms with Crippen molar-refractivity contribution in [3.8, 4) is 5.75 Å². The Balaban J connectivity index is 2.48. The molecular formula is C14H10Br2O2. The first-order valence-corrected chi connectivity index (χ1v) is 6.92. The molecule has 0 bridgehead atoms. The van der Waals surface area contributed by atoms with E-state index >= 15 is 0 Å². The number of phenolic OH excluding ortho intramolecular Hbond substituents is 1. The molecule has 0 amide bonds. The fourth-order valence-corrected chi connectivity index (χ4v) is 2.51. The van der Waals surface area contributed by atoms with Crippen LogP contribution in [0.15, 0.2) is 46.9 Å². The minimum Gasteiger partial charge on any atom is -0.506 e. The van der Waals surface area contributed by atoms with E-state index in [0.717, 1.165) is 5.56 Å². The molecule has 0 atom stereocenters. The number of hydrogen-bond donors (Lipinski definition) is 1. The fourth-order valence-electron chi connectivity index (χ4n) is 1.77. The third-order valence-corrected chi connectivity index (χ3v) is 3.74. The molecule has 0 fully saturated rings. The van der Waals surface area contributed by atoms with Crippen LogP contribution < -0.4 is 0 Å². The van der Waals surface area contributed by atoms with E-state index in [-0.39, 0.29) is 10.4 Å². The summed E-state index contributed by atoms with van der Waals surface area (Å²) in [6, 6.07) is 13.1. The lowest BCUT2D eigenvalue weighted by atomic mass is 9.99. The van der Waals surface area contributed by atoms with E-state index in [1.54, 1.807) is 12.1 Å². The predicted molar refractivity (Wildman–Crippen MR) is 78.3 cm³/mol. The van der Waals surface area contributed by atoms with Crippen LogP contribution in [0.5, 0.6) is 5.75 Å². The van der Waals surface area contributed by atoms with E-state index < -0.39 is 0 Å². The number of rotatable bonds is 3. The smallest absolute Gasteiger partial charge is 0.228 e. The minimum absolute atomic E-state index is 0.115. The van der Waals surface area contributed by atoms with Crippen LogP contribution in [0.25, 0.3) is 0 Å². The monoisotopic (exact) mass is 368 g/mol. The van der Waals surface area contributed by atoms with Crippen molar-refractivity contribution in [3.63, 3.8) is 0 Å². The molecule has 18 heavy (non-hydrogen) atoms. The highest BCUT2D eigenvalue weighted by Crippen LogP contribution is 2.33. The van der Waals surface area contributed by atoms with Crippen molar-refractivity contribution in [3.05, 3.63) is 63.6 Å². The Hall–Kier alpha value is -1.13. The summed E-state index contributed by atoms with van der Waals surface area (Å²) in [6.45, 7) is 0. The summed E-state index contributed by atoms with van der Waals surface area (Å²) in [5.41, 5.74) is 2.15. The highest BCUT2D eigenvalue weighted by atomic mass is 79.9. The molecule has 0 saturated heterocycles. The first-order chi connectivity index (χ1) is 8.59. The van der Waals surface area contributed by atoms with E-state index in [4.69, 9.17) is 0 Å². The number of carbonyl (C=O) groups is 1. The lowest BCUT2D eigenvalue weighted by Crippen LogP contribution is -1.99. The molecule has 0 aliphatic heterocycles. The van der Waals surface area contributed by atoms with Crippen molar-refractivity contribution in [1.82, 2.24) is 0 Å². The summed E-state index contributed by atoms with van der Waals surface area (Å²) < 4.78 is 0.363. The van der Waals surface area contributed by atoms with Gasteiger partial charge >= 0.3 is 0 Å². The van der Waals surface area contributed by atoms with E-state index in [1.165, 1.54) is 0 Å². The molecule has 0 saturated carbocycles. The van der Waals surface area contributed by atoms with Gasteiger partial charge in [0, 0.05) is 17.5 Å². The summed E-state index contributed by atoms with van der Waals surface area (Å²) in [5, 5.41) is 10.1. The minimum atomic E-state index is -0.226. The summed E-state index contributed by atoms with van der Waals surface area (Å²) in [5.74, 6) is 0.115. The third-order valence-electron chi connectivity index (χ3n) is 2.67. The van der Waals surface area contributed by atoms with Gasteiger partial charge in [-0.2, -0.15) is 0 Å². The van der Waals surface area contributed by atoms with Crippen LogP contribution in [-0.2, 0) is 6.42 Å². The molecule has 4 heteroatoms. The van der Waals surface area contributed by atoms with Crippen LogP contribution >= 0.6 is 31.9 Å². The molecule has 2 nitrogen and oxygen atoms in total. The molecule has 2 aromatic rings. The Bertz CT molecular complexity index is 580. The van der Waals surface area contributed by atoms with E-state index in [2.05, 4.69) is 31.9 Å². The Morgan fingerprint density at radius 1 is 1.11 bits per heavy atom. The Labute approximate surface area is 122 Å². The van der Waals surface area contributed by atoms with Crippen molar-refractivity contribution in [2.75, 3.05) is 0 Å². The van der Waals surface area contributed by atoms with Gasteiger partial charge in [0.2, 0.25) is 4.69 Å². The Morgan fingerprint density at radius 2 is 1.78 bits per heavy atom. The lowest BCUT2D eigenvalue weighted by Gasteiger charge is -2.10. The first kappa shape index (κ1) is 13.3. The SMILES string of the molecule is O=C(Br)c1ccc(Br)c(O)c1Cc1ccccc1. The lowest BCUT2D eigenvalue weighted by molar-refractivity contribution is 0.109. The summed E-state index contributed by atoms with van der Waals surface area (Å²) in [6.07, 6.45) is 0.513. The standard InChI is InChI=1S/C14H10Br2O2/c15-12-7-6-10(14(16)18)11(13(12)17)8-9-4-2-1-3-5-9/h1-7,17H,8H2. The van der Waals surface area contributed by atoms with E-state index in [1.807, 2.05) is 30.3 Å². The summed E-state index contributed by atoms with van der Waals surface area (Å²) >= 11 is 6.21. The van der Waals surface area contributed by atoms with Crippen LogP contribution in [0.4, 0.5) is 0 Å². The van der Waals surface area contributed by atoms with Crippen LogP contribution in [0.1, 0.15) is 21.5 Å². The van der Waals surface area contributed by atoms with Gasteiger partial charge in [-0.05, 0) is 49.6 Å². The van der Waals surface area contributed by atoms with Gasteiger partial charge in [0.1, 0.15) is 5.75 Å². The number of halogens is 2. The van der Waals surface area contributed by atoms with Crippen LogP contribution in [0.3, 0.4) is 0 Å². The quantitative estimate of drug-likeness (QED) is 0.820. The molecule has 0 unspecified atom stereocenters. The van der Waals surface area contributed by atoms with Crippen LogP contribution in [0.2, 0.25) is 0 Å². The van der Waals surface area contributed by atoms with Gasteiger partial charge in [-0.1, -0.05) is 30.3 Å². The molecule has 0 radical (unpaired) electrons. The van der Waals surface area contributed by atoms with E-state index in [9.17, 15) is 9.90 Å². The van der Waals surface area contributed by atoms with Crippen molar-refractivity contribution in [1.29, 1.82) is 0 Å². The second kappa shape index (κ2) is 5.67. The van der Waals surface area contributed by atoms with Gasteiger partial charge in [-0.3, -0.25) is 4.79 Å².